The molecular formula is C18H15FN2O. The average molecular weight is 294 g/mol. The lowest BCUT2D eigenvalue weighted by atomic mass is 9.96. The summed E-state index contributed by atoms with van der Waals surface area (Å²) >= 11 is 0. The molecule has 1 saturated carbocycles. The van der Waals surface area contributed by atoms with Crippen molar-refractivity contribution >= 4 is 5.91 Å². The quantitative estimate of drug-likeness (QED) is 0.941. The maximum absolute atomic E-state index is 13.0. The molecule has 0 heterocycles. The van der Waals surface area contributed by atoms with Gasteiger partial charge < -0.3 is 5.32 Å². The molecule has 0 saturated heterocycles. The minimum absolute atomic E-state index is 0.0596. The number of carbonyl (C=O) groups is 1. The van der Waals surface area contributed by atoms with E-state index in [0.717, 1.165) is 18.4 Å². The normalized spacial score (nSPS) is 14.9. The van der Waals surface area contributed by atoms with Crippen molar-refractivity contribution in [2.75, 3.05) is 6.54 Å². The molecule has 1 amide bonds. The number of carbonyl (C=O) groups excluding carboxylic acids is 1. The molecule has 1 N–H and O–H groups in total. The molecule has 0 unspecified atom stereocenters. The Kier molecular flexibility index (Phi) is 3.64. The summed E-state index contributed by atoms with van der Waals surface area (Å²) in [6.07, 6.45) is 1.98. The van der Waals surface area contributed by atoms with Crippen molar-refractivity contribution in [3.05, 3.63) is 71.0 Å². The predicted octanol–water partition coefficient (Wildman–Crippen LogP) is 3.16. The zero-order chi connectivity index (χ0) is 15.6. The van der Waals surface area contributed by atoms with Crippen molar-refractivity contribution in [1.82, 2.24) is 5.32 Å². The standard InChI is InChI=1S/C18H15FN2O/c19-16-7-5-15(6-8-16)18(9-10-18)12-21-17(22)14-3-1-13(11-20)2-4-14/h1-8H,9-10,12H2,(H,21,22). The van der Waals surface area contributed by atoms with E-state index in [9.17, 15) is 9.18 Å². The molecule has 0 aliphatic heterocycles. The van der Waals surface area contributed by atoms with Gasteiger partial charge in [-0.1, -0.05) is 12.1 Å². The first-order valence-electron chi connectivity index (χ1n) is 7.17. The number of hydrogen-bond acceptors (Lipinski definition) is 2. The Hall–Kier alpha value is -2.67. The van der Waals surface area contributed by atoms with Crippen LogP contribution in [-0.2, 0) is 5.41 Å². The fraction of sp³-hybridized carbons (Fsp3) is 0.222. The number of amides is 1. The van der Waals surface area contributed by atoms with Gasteiger partial charge in [-0.15, -0.1) is 0 Å². The van der Waals surface area contributed by atoms with Crippen LogP contribution in [0, 0.1) is 17.1 Å². The highest BCUT2D eigenvalue weighted by Gasteiger charge is 2.44. The lowest BCUT2D eigenvalue weighted by molar-refractivity contribution is 0.0949. The van der Waals surface area contributed by atoms with Crippen molar-refractivity contribution in [3.8, 4) is 6.07 Å². The van der Waals surface area contributed by atoms with Crippen LogP contribution in [0.15, 0.2) is 48.5 Å². The van der Waals surface area contributed by atoms with Gasteiger partial charge in [-0.3, -0.25) is 4.79 Å². The van der Waals surface area contributed by atoms with Crippen LogP contribution in [0.1, 0.15) is 34.3 Å². The van der Waals surface area contributed by atoms with Crippen LogP contribution in [0.3, 0.4) is 0 Å². The monoisotopic (exact) mass is 294 g/mol. The number of benzene rings is 2. The van der Waals surface area contributed by atoms with E-state index in [1.807, 2.05) is 6.07 Å². The zero-order valence-corrected chi connectivity index (χ0v) is 12.0. The summed E-state index contributed by atoms with van der Waals surface area (Å²) in [6.45, 7) is 0.539. The highest BCUT2D eigenvalue weighted by molar-refractivity contribution is 5.94. The molecule has 3 rings (SSSR count). The molecular weight excluding hydrogens is 279 g/mol. The van der Waals surface area contributed by atoms with Crippen LogP contribution >= 0.6 is 0 Å². The van der Waals surface area contributed by atoms with Crippen LogP contribution in [0.4, 0.5) is 4.39 Å². The largest absolute Gasteiger partial charge is 0.351 e. The molecule has 0 spiro atoms. The fourth-order valence-corrected chi connectivity index (χ4v) is 2.57. The summed E-state index contributed by atoms with van der Waals surface area (Å²) in [6, 6.07) is 15.1. The lowest BCUT2D eigenvalue weighted by Crippen LogP contribution is -2.32. The van der Waals surface area contributed by atoms with Gasteiger partial charge in [0.15, 0.2) is 0 Å². The Bertz CT molecular complexity index is 725. The molecule has 0 aromatic heterocycles. The molecule has 1 aliphatic carbocycles. The third-order valence-corrected chi connectivity index (χ3v) is 4.17. The molecule has 3 nitrogen and oxygen atoms in total. The highest BCUT2D eigenvalue weighted by atomic mass is 19.1. The molecule has 0 bridgehead atoms. The third kappa shape index (κ3) is 2.84. The molecule has 22 heavy (non-hydrogen) atoms. The van der Waals surface area contributed by atoms with Gasteiger partial charge >= 0.3 is 0 Å². The van der Waals surface area contributed by atoms with Gasteiger partial charge in [-0.05, 0) is 54.8 Å². The Morgan fingerprint density at radius 3 is 2.32 bits per heavy atom. The minimum Gasteiger partial charge on any atom is -0.351 e. The number of rotatable bonds is 4. The smallest absolute Gasteiger partial charge is 0.251 e. The van der Waals surface area contributed by atoms with Crippen LogP contribution in [0.5, 0.6) is 0 Å². The number of hydrogen-bond donors (Lipinski definition) is 1. The van der Waals surface area contributed by atoms with Gasteiger partial charge in [0.25, 0.3) is 5.91 Å². The first-order chi connectivity index (χ1) is 10.6. The number of nitrogens with zero attached hydrogens (tertiary/aromatic N) is 1. The Labute approximate surface area is 128 Å². The van der Waals surface area contributed by atoms with Gasteiger partial charge in [-0.25, -0.2) is 4.39 Å². The molecule has 0 radical (unpaired) electrons. The molecule has 110 valence electrons. The van der Waals surface area contributed by atoms with Crippen molar-refractivity contribution in [2.45, 2.75) is 18.3 Å². The average Bonchev–Trinajstić information content (AvgIpc) is 3.34. The van der Waals surface area contributed by atoms with E-state index in [4.69, 9.17) is 5.26 Å². The van der Waals surface area contributed by atoms with Crippen molar-refractivity contribution in [2.24, 2.45) is 0 Å². The van der Waals surface area contributed by atoms with Gasteiger partial charge in [-0.2, -0.15) is 5.26 Å². The summed E-state index contributed by atoms with van der Waals surface area (Å²) in [7, 11) is 0. The van der Waals surface area contributed by atoms with E-state index in [2.05, 4.69) is 5.32 Å². The molecule has 2 aromatic carbocycles. The molecule has 1 fully saturated rings. The SMILES string of the molecule is N#Cc1ccc(C(=O)NCC2(c3ccc(F)cc3)CC2)cc1. The van der Waals surface area contributed by atoms with E-state index < -0.39 is 0 Å². The van der Waals surface area contributed by atoms with Gasteiger partial charge in [0, 0.05) is 17.5 Å². The van der Waals surface area contributed by atoms with E-state index >= 15 is 0 Å². The van der Waals surface area contributed by atoms with Gasteiger partial charge in [0.05, 0.1) is 11.6 Å². The molecule has 0 atom stereocenters. The van der Waals surface area contributed by atoms with Crippen LogP contribution in [0.25, 0.3) is 0 Å². The van der Waals surface area contributed by atoms with Crippen molar-refractivity contribution < 1.29 is 9.18 Å². The van der Waals surface area contributed by atoms with Gasteiger partial charge in [0.1, 0.15) is 5.82 Å². The fourth-order valence-electron chi connectivity index (χ4n) is 2.57. The Morgan fingerprint density at radius 1 is 1.14 bits per heavy atom. The van der Waals surface area contributed by atoms with Crippen molar-refractivity contribution in [3.63, 3.8) is 0 Å². The van der Waals surface area contributed by atoms with Crippen molar-refractivity contribution in [1.29, 1.82) is 5.26 Å². The molecule has 2 aromatic rings. The summed E-state index contributed by atoms with van der Waals surface area (Å²) in [4.78, 5) is 12.2. The topological polar surface area (TPSA) is 52.9 Å². The number of nitriles is 1. The molecule has 1 aliphatic rings. The summed E-state index contributed by atoms with van der Waals surface area (Å²) in [5.74, 6) is -0.404. The molecule has 4 heteroatoms. The second-order valence-electron chi connectivity index (χ2n) is 5.66. The first-order valence-corrected chi connectivity index (χ1v) is 7.17. The van der Waals surface area contributed by atoms with E-state index in [-0.39, 0.29) is 17.1 Å². The van der Waals surface area contributed by atoms with E-state index in [0.29, 0.717) is 17.7 Å². The van der Waals surface area contributed by atoms with E-state index in [1.165, 1.54) is 12.1 Å². The second-order valence-corrected chi connectivity index (χ2v) is 5.66. The third-order valence-electron chi connectivity index (χ3n) is 4.17. The minimum atomic E-state index is -0.249. The maximum Gasteiger partial charge on any atom is 0.251 e. The summed E-state index contributed by atoms with van der Waals surface area (Å²) < 4.78 is 13.0. The Balaban J connectivity index is 1.65. The van der Waals surface area contributed by atoms with Crippen LogP contribution in [-0.4, -0.2) is 12.5 Å². The Morgan fingerprint density at radius 2 is 1.77 bits per heavy atom. The summed E-state index contributed by atoms with van der Waals surface area (Å²) in [5, 5.41) is 11.7. The van der Waals surface area contributed by atoms with Crippen LogP contribution in [0.2, 0.25) is 0 Å². The number of halogens is 1. The summed E-state index contributed by atoms with van der Waals surface area (Å²) in [5.41, 5.74) is 2.07. The lowest BCUT2D eigenvalue weighted by Gasteiger charge is -2.16. The maximum atomic E-state index is 13.0. The first kappa shape index (κ1) is 14.3. The zero-order valence-electron chi connectivity index (χ0n) is 12.0. The van der Waals surface area contributed by atoms with E-state index in [1.54, 1.807) is 36.4 Å². The van der Waals surface area contributed by atoms with Gasteiger partial charge in [0.2, 0.25) is 0 Å². The van der Waals surface area contributed by atoms with Crippen LogP contribution < -0.4 is 5.32 Å². The predicted molar refractivity (Wildman–Crippen MR) is 80.8 cm³/mol. The second kappa shape index (κ2) is 5.61. The number of nitrogens with one attached hydrogen (secondary N) is 1. The highest BCUT2D eigenvalue weighted by Crippen LogP contribution is 2.47.